The van der Waals surface area contributed by atoms with Crippen LogP contribution in [0.25, 0.3) is 10.6 Å². The van der Waals surface area contributed by atoms with Gasteiger partial charge in [-0.25, -0.2) is 4.98 Å². The van der Waals surface area contributed by atoms with Crippen molar-refractivity contribution in [1.82, 2.24) is 10.3 Å². The van der Waals surface area contributed by atoms with Crippen molar-refractivity contribution in [3.05, 3.63) is 70.2 Å². The first-order chi connectivity index (χ1) is 14.9. The average Bonchev–Trinajstić information content (AvgIpc) is 3.23. The monoisotopic (exact) mass is 456 g/mol. The lowest BCUT2D eigenvalue weighted by molar-refractivity contribution is -0.124. The highest BCUT2D eigenvalue weighted by molar-refractivity contribution is 7.13. The summed E-state index contributed by atoms with van der Waals surface area (Å²) in [6, 6.07) is 14.9. The van der Waals surface area contributed by atoms with E-state index in [0.29, 0.717) is 22.8 Å². The van der Waals surface area contributed by atoms with Crippen LogP contribution in [-0.4, -0.2) is 29.8 Å². The molecule has 162 valence electrons. The molecule has 1 N–H and O–H groups in total. The Labute approximate surface area is 191 Å². The molecule has 0 fully saturated rings. The van der Waals surface area contributed by atoms with Crippen molar-refractivity contribution in [2.75, 3.05) is 7.05 Å². The van der Waals surface area contributed by atoms with Gasteiger partial charge in [0.25, 0.3) is 0 Å². The molecule has 0 saturated heterocycles. The molecule has 3 rings (SSSR count). The number of Topliss-reactive ketones (excluding diaryl/α,β-unsaturated/α-hetero) is 1. The molecule has 0 aliphatic carbocycles. The van der Waals surface area contributed by atoms with Crippen LogP contribution in [0.1, 0.15) is 36.3 Å². The van der Waals surface area contributed by atoms with E-state index in [1.54, 1.807) is 25.2 Å². The summed E-state index contributed by atoms with van der Waals surface area (Å²) >= 11 is 7.80. The maximum Gasteiger partial charge on any atom is 0.223 e. The minimum absolute atomic E-state index is 0.0180. The number of carbonyl (C=O) groups is 2. The third kappa shape index (κ3) is 6.15. The van der Waals surface area contributed by atoms with Gasteiger partial charge in [-0.05, 0) is 32.0 Å². The number of thiazole rings is 1. The number of ether oxygens (including phenoxy) is 1. The van der Waals surface area contributed by atoms with Crippen molar-refractivity contribution < 1.29 is 14.3 Å². The largest absolute Gasteiger partial charge is 0.489 e. The number of hydrogen-bond donors (Lipinski definition) is 1. The zero-order chi connectivity index (χ0) is 22.4. The third-order valence-electron chi connectivity index (χ3n) is 4.69. The van der Waals surface area contributed by atoms with Gasteiger partial charge >= 0.3 is 0 Å². The van der Waals surface area contributed by atoms with Crippen LogP contribution in [0.3, 0.4) is 0 Å². The maximum atomic E-state index is 12.9. The molecule has 1 aromatic heterocycles. The lowest BCUT2D eigenvalue weighted by atomic mass is 9.93. The number of halogens is 1. The van der Waals surface area contributed by atoms with Crippen LogP contribution >= 0.6 is 22.9 Å². The van der Waals surface area contributed by atoms with Crippen molar-refractivity contribution in [2.24, 2.45) is 5.92 Å². The Bertz CT molecular complexity index is 1050. The van der Waals surface area contributed by atoms with Crippen LogP contribution in [-0.2, 0) is 11.2 Å². The lowest BCUT2D eigenvalue weighted by Gasteiger charge is -2.15. The smallest absolute Gasteiger partial charge is 0.223 e. The van der Waals surface area contributed by atoms with Crippen LogP contribution in [0, 0.1) is 5.92 Å². The predicted molar refractivity (Wildman–Crippen MR) is 125 cm³/mol. The fraction of sp³-hybridized carbons (Fsp3) is 0.292. The Balaban J connectivity index is 1.73. The first kappa shape index (κ1) is 23.0. The summed E-state index contributed by atoms with van der Waals surface area (Å²) in [6.45, 7) is 3.82. The van der Waals surface area contributed by atoms with E-state index in [9.17, 15) is 9.59 Å². The number of ketones is 1. The second-order valence-electron chi connectivity index (χ2n) is 7.46. The molecule has 31 heavy (non-hydrogen) atoms. The van der Waals surface area contributed by atoms with Crippen LogP contribution in [0.5, 0.6) is 5.75 Å². The van der Waals surface area contributed by atoms with Gasteiger partial charge in [0, 0.05) is 36.4 Å². The van der Waals surface area contributed by atoms with Gasteiger partial charge < -0.3 is 10.1 Å². The van der Waals surface area contributed by atoms with Crippen molar-refractivity contribution in [1.29, 1.82) is 0 Å². The molecule has 1 amide bonds. The molecule has 7 heteroatoms. The quantitative estimate of drug-likeness (QED) is 0.436. The van der Waals surface area contributed by atoms with Gasteiger partial charge in [-0.2, -0.15) is 0 Å². The number of hydrogen-bond acceptors (Lipinski definition) is 5. The molecule has 1 heterocycles. The molecule has 0 radical (unpaired) electrons. The highest BCUT2D eigenvalue weighted by atomic mass is 35.5. The first-order valence-corrected chi connectivity index (χ1v) is 11.3. The van der Waals surface area contributed by atoms with Crippen LogP contribution in [0.15, 0.2) is 53.9 Å². The van der Waals surface area contributed by atoms with Gasteiger partial charge in [0.05, 0.1) is 22.7 Å². The highest BCUT2D eigenvalue weighted by Gasteiger charge is 2.24. The number of aromatic nitrogens is 1. The van der Waals surface area contributed by atoms with Crippen molar-refractivity contribution in [3.63, 3.8) is 0 Å². The van der Waals surface area contributed by atoms with Crippen LogP contribution < -0.4 is 10.1 Å². The molecule has 1 atom stereocenters. The predicted octanol–water partition coefficient (Wildman–Crippen LogP) is 5.43. The molecule has 0 aliphatic heterocycles. The van der Waals surface area contributed by atoms with Crippen LogP contribution in [0.4, 0.5) is 0 Å². The molecule has 0 spiro atoms. The second-order valence-corrected chi connectivity index (χ2v) is 8.73. The maximum absolute atomic E-state index is 12.9. The summed E-state index contributed by atoms with van der Waals surface area (Å²) in [5, 5.41) is 5.87. The lowest BCUT2D eigenvalue weighted by Crippen LogP contribution is -2.30. The minimum Gasteiger partial charge on any atom is -0.489 e. The van der Waals surface area contributed by atoms with E-state index < -0.39 is 5.92 Å². The number of nitrogens with zero attached hydrogens (tertiary/aromatic N) is 1. The molecule has 5 nitrogen and oxygen atoms in total. The van der Waals surface area contributed by atoms with Crippen molar-refractivity contribution in [2.45, 2.75) is 32.8 Å². The standard InChI is InChI=1S/C24H25ClN2O3S/c1-15(2)30-22-10-9-17(12-20(22)25)21(28)13-18(23(29)26-3)11-19-14-31-24(27-19)16-7-5-4-6-8-16/h4-10,12,14-15,18H,11,13H2,1-3H3,(H,26,29)/t18-/m1/s1. The van der Waals surface area contributed by atoms with Crippen molar-refractivity contribution >= 4 is 34.6 Å². The summed E-state index contributed by atoms with van der Waals surface area (Å²) in [5.41, 5.74) is 2.28. The van der Waals surface area contributed by atoms with Gasteiger partial charge in [-0.1, -0.05) is 41.9 Å². The summed E-state index contributed by atoms with van der Waals surface area (Å²) < 4.78 is 5.62. The molecule has 3 aromatic rings. The van der Waals surface area contributed by atoms with Gasteiger partial charge in [-0.3, -0.25) is 9.59 Å². The Morgan fingerprint density at radius 1 is 1.16 bits per heavy atom. The second kappa shape index (κ2) is 10.6. The van der Waals surface area contributed by atoms with E-state index in [-0.39, 0.29) is 24.2 Å². The Kier molecular flexibility index (Phi) is 7.82. The van der Waals surface area contributed by atoms with E-state index in [1.165, 1.54) is 11.3 Å². The van der Waals surface area contributed by atoms with Gasteiger partial charge in [0.2, 0.25) is 5.91 Å². The van der Waals surface area contributed by atoms with E-state index in [2.05, 4.69) is 10.3 Å². The number of amides is 1. The fourth-order valence-electron chi connectivity index (χ4n) is 3.19. The molecule has 0 bridgehead atoms. The summed E-state index contributed by atoms with van der Waals surface area (Å²) in [5.74, 6) is -0.320. The molecular formula is C24H25ClN2O3S. The first-order valence-electron chi connectivity index (χ1n) is 10.1. The number of carbonyl (C=O) groups excluding carboxylic acids is 2. The molecule has 0 unspecified atom stereocenters. The van der Waals surface area contributed by atoms with E-state index in [1.807, 2.05) is 49.6 Å². The SMILES string of the molecule is CNC(=O)[C@@H](CC(=O)c1ccc(OC(C)C)c(Cl)c1)Cc1csc(-c2ccccc2)n1. The van der Waals surface area contributed by atoms with Gasteiger partial charge in [-0.15, -0.1) is 11.3 Å². The minimum atomic E-state index is -0.520. The van der Waals surface area contributed by atoms with Crippen LogP contribution in [0.2, 0.25) is 5.02 Å². The topological polar surface area (TPSA) is 68.3 Å². The normalized spacial score (nSPS) is 11.9. The Hall–Kier alpha value is -2.70. The highest BCUT2D eigenvalue weighted by Crippen LogP contribution is 2.28. The zero-order valence-electron chi connectivity index (χ0n) is 17.7. The number of rotatable bonds is 9. The Morgan fingerprint density at radius 2 is 1.90 bits per heavy atom. The van der Waals surface area contributed by atoms with Crippen molar-refractivity contribution in [3.8, 4) is 16.3 Å². The molecule has 0 saturated carbocycles. The van der Waals surface area contributed by atoms with Gasteiger partial charge in [0.15, 0.2) is 5.78 Å². The summed E-state index contributed by atoms with van der Waals surface area (Å²) in [7, 11) is 1.57. The van der Waals surface area contributed by atoms with E-state index in [0.717, 1.165) is 16.3 Å². The van der Waals surface area contributed by atoms with E-state index >= 15 is 0 Å². The molecule has 2 aromatic carbocycles. The Morgan fingerprint density at radius 3 is 2.55 bits per heavy atom. The molecular weight excluding hydrogens is 432 g/mol. The fourth-order valence-corrected chi connectivity index (χ4v) is 4.26. The average molecular weight is 457 g/mol. The van der Waals surface area contributed by atoms with E-state index in [4.69, 9.17) is 16.3 Å². The number of benzene rings is 2. The zero-order valence-corrected chi connectivity index (χ0v) is 19.3. The summed E-state index contributed by atoms with van der Waals surface area (Å²) in [6.07, 6.45) is 0.436. The van der Waals surface area contributed by atoms with Gasteiger partial charge in [0.1, 0.15) is 10.8 Å². The summed E-state index contributed by atoms with van der Waals surface area (Å²) in [4.78, 5) is 30.0. The molecule has 0 aliphatic rings. The number of nitrogens with one attached hydrogen (secondary N) is 1. The third-order valence-corrected chi connectivity index (χ3v) is 5.93.